The van der Waals surface area contributed by atoms with Gasteiger partial charge in [0, 0.05) is 18.2 Å². The van der Waals surface area contributed by atoms with Gasteiger partial charge in [-0.3, -0.25) is 9.59 Å². The molecule has 7 heteroatoms. The molecule has 0 atom stereocenters. The third-order valence-corrected chi connectivity index (χ3v) is 3.76. The first-order valence-electron chi connectivity index (χ1n) is 7.79. The predicted molar refractivity (Wildman–Crippen MR) is 84.9 cm³/mol. The Morgan fingerprint density at radius 1 is 1.38 bits per heavy atom. The van der Waals surface area contributed by atoms with Gasteiger partial charge < -0.3 is 14.7 Å². The maximum atomic E-state index is 13.3. The van der Waals surface area contributed by atoms with Crippen LogP contribution in [0.5, 0.6) is 0 Å². The van der Waals surface area contributed by atoms with E-state index < -0.39 is 5.82 Å². The Balaban J connectivity index is 1.68. The number of hydrogen-bond acceptors (Lipinski definition) is 4. The first-order valence-corrected chi connectivity index (χ1v) is 7.79. The summed E-state index contributed by atoms with van der Waals surface area (Å²) in [5.41, 5.74) is 0.237. The van der Waals surface area contributed by atoms with E-state index in [2.05, 4.69) is 10.5 Å². The zero-order chi connectivity index (χ0) is 17.1. The summed E-state index contributed by atoms with van der Waals surface area (Å²) >= 11 is 0. The molecule has 0 aliphatic heterocycles. The standard InChI is InChI=1S/C17H18FN3O3/c1-11-7-15(20-24-11)19-16(22)10-21(9-12-5-6-12)17(23)13-3-2-4-14(18)8-13/h2-4,7-8,12H,5-6,9-10H2,1H3,(H,19,20,22). The third kappa shape index (κ3) is 4.18. The molecule has 0 bridgehead atoms. The van der Waals surface area contributed by atoms with Gasteiger partial charge in [0.2, 0.25) is 5.91 Å². The molecule has 0 unspecified atom stereocenters. The highest BCUT2D eigenvalue weighted by molar-refractivity contribution is 5.99. The van der Waals surface area contributed by atoms with Gasteiger partial charge in [0.15, 0.2) is 5.82 Å². The van der Waals surface area contributed by atoms with Crippen LogP contribution >= 0.6 is 0 Å². The molecule has 0 saturated heterocycles. The van der Waals surface area contributed by atoms with E-state index in [0.29, 0.717) is 24.0 Å². The second-order valence-corrected chi connectivity index (χ2v) is 6.01. The Morgan fingerprint density at radius 3 is 2.79 bits per heavy atom. The molecule has 1 heterocycles. The molecule has 24 heavy (non-hydrogen) atoms. The SMILES string of the molecule is Cc1cc(NC(=O)CN(CC2CC2)C(=O)c2cccc(F)c2)no1. The minimum Gasteiger partial charge on any atom is -0.360 e. The molecule has 2 amide bonds. The zero-order valence-corrected chi connectivity index (χ0v) is 13.3. The van der Waals surface area contributed by atoms with E-state index in [1.54, 1.807) is 19.1 Å². The van der Waals surface area contributed by atoms with Gasteiger partial charge in [-0.25, -0.2) is 4.39 Å². The lowest BCUT2D eigenvalue weighted by molar-refractivity contribution is -0.117. The zero-order valence-electron chi connectivity index (χ0n) is 13.3. The lowest BCUT2D eigenvalue weighted by Crippen LogP contribution is -2.39. The van der Waals surface area contributed by atoms with Crippen LogP contribution in [0.3, 0.4) is 0 Å². The number of rotatable bonds is 6. The Hall–Kier alpha value is -2.70. The van der Waals surface area contributed by atoms with Crippen LogP contribution < -0.4 is 5.32 Å². The number of carbonyl (C=O) groups excluding carboxylic acids is 2. The van der Waals surface area contributed by atoms with Crippen molar-refractivity contribution in [1.82, 2.24) is 10.1 Å². The maximum Gasteiger partial charge on any atom is 0.254 e. The first-order chi connectivity index (χ1) is 11.5. The molecule has 1 N–H and O–H groups in total. The fourth-order valence-corrected chi connectivity index (χ4v) is 2.42. The summed E-state index contributed by atoms with van der Waals surface area (Å²) < 4.78 is 18.2. The predicted octanol–water partition coefficient (Wildman–Crippen LogP) is 2.61. The Bertz CT molecular complexity index is 755. The van der Waals surface area contributed by atoms with Crippen LogP contribution in [-0.4, -0.2) is 35.0 Å². The van der Waals surface area contributed by atoms with Gasteiger partial charge >= 0.3 is 0 Å². The fraction of sp³-hybridized carbons (Fsp3) is 0.353. The number of carbonyl (C=O) groups is 2. The maximum absolute atomic E-state index is 13.3. The number of anilines is 1. The third-order valence-electron chi connectivity index (χ3n) is 3.76. The normalized spacial score (nSPS) is 13.6. The molecule has 126 valence electrons. The minimum absolute atomic E-state index is 0.113. The van der Waals surface area contributed by atoms with E-state index in [1.165, 1.54) is 23.1 Å². The van der Waals surface area contributed by atoms with E-state index in [9.17, 15) is 14.0 Å². The van der Waals surface area contributed by atoms with E-state index in [1.807, 2.05) is 0 Å². The van der Waals surface area contributed by atoms with Gasteiger partial charge in [0.25, 0.3) is 5.91 Å². The molecule has 1 saturated carbocycles. The summed E-state index contributed by atoms with van der Waals surface area (Å²) in [4.78, 5) is 26.2. The Morgan fingerprint density at radius 2 is 2.17 bits per heavy atom. The Kier molecular flexibility index (Phi) is 4.59. The quantitative estimate of drug-likeness (QED) is 0.883. The summed E-state index contributed by atoms with van der Waals surface area (Å²) in [5, 5.41) is 6.28. The molecule has 1 aromatic carbocycles. The van der Waals surface area contributed by atoms with Crippen LogP contribution in [0, 0.1) is 18.7 Å². The molecule has 0 radical (unpaired) electrons. The Labute approximate surface area is 138 Å². The summed E-state index contributed by atoms with van der Waals surface area (Å²) in [6.45, 7) is 2.09. The van der Waals surface area contributed by atoms with Crippen molar-refractivity contribution in [3.8, 4) is 0 Å². The van der Waals surface area contributed by atoms with Gasteiger partial charge in [-0.05, 0) is 43.9 Å². The number of aromatic nitrogens is 1. The highest BCUT2D eigenvalue weighted by Crippen LogP contribution is 2.30. The van der Waals surface area contributed by atoms with Crippen LogP contribution in [0.25, 0.3) is 0 Å². The van der Waals surface area contributed by atoms with Crippen molar-refractivity contribution in [3.05, 3.63) is 47.5 Å². The molecule has 0 spiro atoms. The van der Waals surface area contributed by atoms with Gasteiger partial charge in [-0.15, -0.1) is 0 Å². The van der Waals surface area contributed by atoms with Gasteiger partial charge in [-0.2, -0.15) is 0 Å². The topological polar surface area (TPSA) is 75.4 Å². The number of nitrogens with one attached hydrogen (secondary N) is 1. The van der Waals surface area contributed by atoms with E-state index >= 15 is 0 Å². The molecular formula is C17H18FN3O3. The number of amides is 2. The van der Waals surface area contributed by atoms with Gasteiger partial charge in [0.05, 0.1) is 0 Å². The van der Waals surface area contributed by atoms with Crippen molar-refractivity contribution in [2.45, 2.75) is 19.8 Å². The van der Waals surface area contributed by atoms with Crippen molar-refractivity contribution in [1.29, 1.82) is 0 Å². The lowest BCUT2D eigenvalue weighted by atomic mass is 10.2. The number of aryl methyl sites for hydroxylation is 1. The van der Waals surface area contributed by atoms with E-state index in [-0.39, 0.29) is 23.9 Å². The molecule has 3 rings (SSSR count). The molecular weight excluding hydrogens is 313 g/mol. The van der Waals surface area contributed by atoms with Crippen molar-refractivity contribution in [2.75, 3.05) is 18.4 Å². The molecule has 2 aromatic rings. The van der Waals surface area contributed by atoms with Crippen LogP contribution in [0.2, 0.25) is 0 Å². The summed E-state index contributed by atoms with van der Waals surface area (Å²) in [6, 6.07) is 7.08. The van der Waals surface area contributed by atoms with E-state index in [4.69, 9.17) is 4.52 Å². The molecule has 6 nitrogen and oxygen atoms in total. The number of benzene rings is 1. The smallest absolute Gasteiger partial charge is 0.254 e. The van der Waals surface area contributed by atoms with Crippen LogP contribution in [0.1, 0.15) is 29.0 Å². The number of hydrogen-bond donors (Lipinski definition) is 1. The lowest BCUT2D eigenvalue weighted by Gasteiger charge is -2.22. The van der Waals surface area contributed by atoms with Crippen molar-refractivity contribution < 1.29 is 18.5 Å². The fourth-order valence-electron chi connectivity index (χ4n) is 2.42. The van der Waals surface area contributed by atoms with Crippen molar-refractivity contribution in [2.24, 2.45) is 5.92 Å². The molecule has 1 fully saturated rings. The second kappa shape index (κ2) is 6.82. The molecule has 1 aromatic heterocycles. The average molecular weight is 331 g/mol. The van der Waals surface area contributed by atoms with E-state index in [0.717, 1.165) is 12.8 Å². The van der Waals surface area contributed by atoms with Gasteiger partial charge in [-0.1, -0.05) is 11.2 Å². The highest BCUT2D eigenvalue weighted by atomic mass is 19.1. The number of nitrogens with zero attached hydrogens (tertiary/aromatic N) is 2. The summed E-state index contributed by atoms with van der Waals surface area (Å²) in [7, 11) is 0. The van der Waals surface area contributed by atoms with Crippen LogP contribution in [-0.2, 0) is 4.79 Å². The largest absolute Gasteiger partial charge is 0.360 e. The number of halogens is 1. The summed E-state index contributed by atoms with van der Waals surface area (Å²) in [5.74, 6) is 0.0963. The first kappa shape index (κ1) is 16.2. The van der Waals surface area contributed by atoms with Crippen molar-refractivity contribution >= 4 is 17.6 Å². The average Bonchev–Trinajstić information content (AvgIpc) is 3.27. The van der Waals surface area contributed by atoms with Crippen LogP contribution in [0.4, 0.5) is 10.2 Å². The van der Waals surface area contributed by atoms with Gasteiger partial charge in [0.1, 0.15) is 18.1 Å². The van der Waals surface area contributed by atoms with Crippen molar-refractivity contribution in [3.63, 3.8) is 0 Å². The molecule has 1 aliphatic carbocycles. The summed E-state index contributed by atoms with van der Waals surface area (Å²) in [6.07, 6.45) is 2.08. The molecule has 1 aliphatic rings. The monoisotopic (exact) mass is 331 g/mol. The van der Waals surface area contributed by atoms with Crippen LogP contribution in [0.15, 0.2) is 34.9 Å². The highest BCUT2D eigenvalue weighted by Gasteiger charge is 2.28. The minimum atomic E-state index is -0.477. The second-order valence-electron chi connectivity index (χ2n) is 6.01.